The second-order valence-corrected chi connectivity index (χ2v) is 7.22. The first-order valence-corrected chi connectivity index (χ1v) is 11.6. The van der Waals surface area contributed by atoms with Gasteiger partial charge in [0.1, 0.15) is 31.0 Å². The van der Waals surface area contributed by atoms with Crippen LogP contribution < -0.4 is 9.47 Å². The number of halogens is 3. The van der Waals surface area contributed by atoms with E-state index < -0.39 is 12.8 Å². The maximum atomic E-state index is 11.1. The Labute approximate surface area is 275 Å². The van der Waals surface area contributed by atoms with E-state index in [1.54, 1.807) is 14.2 Å². The minimum atomic E-state index is -0.954. The smallest absolute Gasteiger partial charge is 0.118 e. The molecule has 2 heterocycles. The number of aliphatic hydroxyl groups is 1. The molecule has 4 rings (SSSR count). The van der Waals surface area contributed by atoms with E-state index >= 15 is 0 Å². The highest BCUT2D eigenvalue weighted by molar-refractivity contribution is 6.09. The first-order chi connectivity index (χ1) is 18.0. The average Bonchev–Trinajstić information content (AvgIpc) is 3.91. The zero-order valence-electron chi connectivity index (χ0n) is 22.2. The van der Waals surface area contributed by atoms with Crippen LogP contribution in [0.1, 0.15) is 63.1 Å². The number of aliphatic hydroxyl groups excluding tert-OH is 1. The standard InChI is InChI=1S/C15H16O2.C3H6BFO.C3H5BO.C3H5FO.CH3B.CH3F.7CH4/c1-16-14-7-3-12(4-8-14)11-13-5-9-15(17-2)10-6-13;4-1-3(6)2-5;2*4-1-3-2-5-3;2*1-2;;;;;;;/h3-10H,11H2,1-2H3;3,6H,1-2H2;2*3H,1-2H2;2*1H3;7*1H4. The highest BCUT2D eigenvalue weighted by atomic mass is 19.1. The van der Waals surface area contributed by atoms with Gasteiger partial charge < -0.3 is 24.1 Å². The first-order valence-electron chi connectivity index (χ1n) is 11.6. The number of methoxy groups -OCH3 is 2. The largest absolute Gasteiger partial charge is 0.497 e. The van der Waals surface area contributed by atoms with Crippen LogP contribution in [-0.2, 0) is 15.9 Å². The number of hydrogen-bond acceptors (Lipinski definition) is 5. The quantitative estimate of drug-likeness (QED) is 0.233. The molecule has 2 aliphatic rings. The molecule has 2 saturated heterocycles. The van der Waals surface area contributed by atoms with Crippen LogP contribution in [0.3, 0.4) is 0 Å². The van der Waals surface area contributed by atoms with Crippen LogP contribution in [0.4, 0.5) is 13.2 Å². The van der Waals surface area contributed by atoms with Crippen molar-refractivity contribution in [2.75, 3.05) is 48.0 Å². The SMILES string of the molecule is C.C.C.C.C.C.C.CF.COc1ccc(Cc2ccc(OC)cc2)cc1.FCC1CO1.[B]C.[B]CC(O)CF.[B]CC1CO1. The number of ether oxygens (including phenoxy) is 4. The monoisotopic (exact) mass is 633 g/mol. The summed E-state index contributed by atoms with van der Waals surface area (Å²) in [7, 11) is 18.3. The molecular weight excluding hydrogens is 566 g/mol. The van der Waals surface area contributed by atoms with Gasteiger partial charge in [0.2, 0.25) is 0 Å². The molecule has 2 aliphatic heterocycles. The van der Waals surface area contributed by atoms with Crippen LogP contribution in [0, 0.1) is 0 Å². The van der Waals surface area contributed by atoms with Gasteiger partial charge in [0.25, 0.3) is 0 Å². The third-order valence-corrected chi connectivity index (χ3v) is 4.42. The van der Waals surface area contributed by atoms with Crippen LogP contribution in [0.25, 0.3) is 0 Å². The second-order valence-electron chi connectivity index (χ2n) is 7.22. The van der Waals surface area contributed by atoms with Gasteiger partial charge in [-0.1, -0.05) is 95.7 Å². The van der Waals surface area contributed by atoms with Crippen LogP contribution >= 0.6 is 0 Å². The molecule has 2 fully saturated rings. The van der Waals surface area contributed by atoms with Crippen molar-refractivity contribution < 1.29 is 37.2 Å². The Balaban J connectivity index is -0.0000000551. The second kappa shape index (κ2) is 45.3. The molecule has 0 spiro atoms. The van der Waals surface area contributed by atoms with Crippen molar-refractivity contribution in [1.29, 1.82) is 0 Å². The van der Waals surface area contributed by atoms with Gasteiger partial charge in [0.15, 0.2) is 0 Å². The fourth-order valence-corrected chi connectivity index (χ4v) is 2.15. The third-order valence-electron chi connectivity index (χ3n) is 4.42. The normalized spacial score (nSPS) is 13.8. The van der Waals surface area contributed by atoms with Gasteiger partial charge in [-0.2, -0.15) is 0 Å². The molecular formula is C33H66B3F3O5. The van der Waals surface area contributed by atoms with E-state index in [0.717, 1.165) is 24.5 Å². The number of rotatable bonds is 8. The molecule has 258 valence electrons. The van der Waals surface area contributed by atoms with E-state index in [2.05, 4.69) is 36.8 Å². The van der Waals surface area contributed by atoms with E-state index in [4.69, 9.17) is 35.0 Å². The fraction of sp³-hybridized carbons (Fsp3) is 0.636. The van der Waals surface area contributed by atoms with E-state index in [1.165, 1.54) is 17.9 Å². The van der Waals surface area contributed by atoms with Crippen molar-refractivity contribution in [2.45, 2.75) is 96.2 Å². The molecule has 0 amide bonds. The maximum absolute atomic E-state index is 11.1. The van der Waals surface area contributed by atoms with Crippen molar-refractivity contribution in [1.82, 2.24) is 0 Å². The Morgan fingerprint density at radius 2 is 1.05 bits per heavy atom. The Kier molecular flexibility index (Phi) is 66.7. The van der Waals surface area contributed by atoms with Gasteiger partial charge in [-0.15, -0.1) is 0 Å². The van der Waals surface area contributed by atoms with Crippen LogP contribution in [0.5, 0.6) is 11.5 Å². The molecule has 1 N–H and O–H groups in total. The summed E-state index contributed by atoms with van der Waals surface area (Å²) in [5, 5.41) is 8.17. The molecule has 0 aliphatic carbocycles. The number of hydrogen-bond donors (Lipinski definition) is 1. The van der Waals surface area contributed by atoms with Gasteiger partial charge >= 0.3 is 0 Å². The molecule has 5 nitrogen and oxygen atoms in total. The highest BCUT2D eigenvalue weighted by Crippen LogP contribution is 2.17. The van der Waals surface area contributed by atoms with E-state index in [1.807, 2.05) is 24.3 Å². The van der Waals surface area contributed by atoms with Crippen molar-refractivity contribution >= 4 is 23.5 Å². The molecule has 6 radical (unpaired) electrons. The Hall–Kier alpha value is -2.10. The zero-order valence-corrected chi connectivity index (χ0v) is 22.2. The van der Waals surface area contributed by atoms with E-state index in [9.17, 15) is 13.2 Å². The van der Waals surface area contributed by atoms with Crippen LogP contribution in [-0.4, -0.2) is 94.9 Å². The number of epoxide rings is 2. The van der Waals surface area contributed by atoms with Crippen molar-refractivity contribution in [3.8, 4) is 11.5 Å². The topological polar surface area (TPSA) is 63.8 Å². The summed E-state index contributed by atoms with van der Waals surface area (Å²) < 4.78 is 51.1. The molecule has 0 aromatic heterocycles. The summed E-state index contributed by atoms with van der Waals surface area (Å²) in [5.41, 5.74) is 2.55. The number of benzene rings is 2. The minimum Gasteiger partial charge on any atom is -0.497 e. The minimum absolute atomic E-state index is 0. The fourth-order valence-electron chi connectivity index (χ4n) is 2.15. The predicted octanol–water partition coefficient (Wildman–Crippen LogP) is 8.77. The summed E-state index contributed by atoms with van der Waals surface area (Å²) in [6, 6.07) is 16.3. The van der Waals surface area contributed by atoms with Gasteiger partial charge in [-0.25, -0.2) is 8.78 Å². The van der Waals surface area contributed by atoms with Crippen LogP contribution in [0.2, 0.25) is 19.5 Å². The molecule has 2 aromatic carbocycles. The molecule has 11 heteroatoms. The van der Waals surface area contributed by atoms with Gasteiger partial charge in [-0.3, -0.25) is 4.39 Å². The predicted molar refractivity (Wildman–Crippen MR) is 193 cm³/mol. The van der Waals surface area contributed by atoms with Crippen molar-refractivity contribution in [3.05, 3.63) is 59.7 Å². The average molecular weight is 632 g/mol. The Morgan fingerprint density at radius 1 is 0.727 bits per heavy atom. The summed E-state index contributed by atoms with van der Waals surface area (Å²) in [6.45, 7) is 1.98. The zero-order chi connectivity index (χ0) is 28.5. The summed E-state index contributed by atoms with van der Waals surface area (Å²) in [4.78, 5) is 0. The molecule has 0 bridgehead atoms. The van der Waals surface area contributed by atoms with Gasteiger partial charge in [-0.05, 0) is 41.8 Å². The number of alkyl halides is 3. The lowest BCUT2D eigenvalue weighted by molar-refractivity contribution is 0.158. The summed E-state index contributed by atoms with van der Waals surface area (Å²) in [5.74, 6) is 1.78. The molecule has 2 aromatic rings. The molecule has 3 atom stereocenters. The Bertz CT molecular complexity index is 677. The van der Waals surface area contributed by atoms with Gasteiger partial charge in [0.05, 0.1) is 70.4 Å². The van der Waals surface area contributed by atoms with Crippen molar-refractivity contribution in [2.24, 2.45) is 0 Å². The van der Waals surface area contributed by atoms with Crippen molar-refractivity contribution in [3.63, 3.8) is 0 Å². The lowest BCUT2D eigenvalue weighted by Crippen LogP contribution is -2.06. The van der Waals surface area contributed by atoms with Gasteiger partial charge in [0, 0.05) is 0 Å². The first kappa shape index (κ1) is 64.8. The van der Waals surface area contributed by atoms with Crippen LogP contribution in [0.15, 0.2) is 48.5 Å². The maximum Gasteiger partial charge on any atom is 0.118 e. The third kappa shape index (κ3) is 37.9. The molecule has 0 saturated carbocycles. The van der Waals surface area contributed by atoms with E-state index in [0.29, 0.717) is 26.2 Å². The highest BCUT2D eigenvalue weighted by Gasteiger charge is 2.21. The Morgan fingerprint density at radius 3 is 1.16 bits per heavy atom. The summed E-state index contributed by atoms with van der Waals surface area (Å²) in [6.07, 6.45) is 1.06. The molecule has 3 unspecified atom stereocenters. The lowest BCUT2D eigenvalue weighted by atomic mass is 10.0. The molecule has 44 heavy (non-hydrogen) atoms. The van der Waals surface area contributed by atoms with E-state index in [-0.39, 0.29) is 71.1 Å². The lowest BCUT2D eigenvalue weighted by Gasteiger charge is -2.05. The summed E-state index contributed by atoms with van der Waals surface area (Å²) >= 11 is 0.